The van der Waals surface area contributed by atoms with Crippen molar-refractivity contribution in [1.29, 1.82) is 0 Å². The summed E-state index contributed by atoms with van der Waals surface area (Å²) in [5.41, 5.74) is 5.08. The Morgan fingerprint density at radius 1 is 1.36 bits per heavy atom. The SMILES string of the molecule is NC1CS(=O)(=O)CC1NC(=O)c1cnc(C2CCC2)[nH]c1=O. The predicted molar refractivity (Wildman–Crippen MR) is 79.3 cm³/mol. The van der Waals surface area contributed by atoms with Gasteiger partial charge in [-0.05, 0) is 12.8 Å². The van der Waals surface area contributed by atoms with E-state index in [1.807, 2.05) is 0 Å². The van der Waals surface area contributed by atoms with Crippen molar-refractivity contribution in [3.05, 3.63) is 27.9 Å². The molecule has 2 fully saturated rings. The lowest BCUT2D eigenvalue weighted by molar-refractivity contribution is 0.0936. The van der Waals surface area contributed by atoms with Gasteiger partial charge in [-0.1, -0.05) is 6.42 Å². The molecule has 2 unspecified atom stereocenters. The van der Waals surface area contributed by atoms with Crippen LogP contribution in [0, 0.1) is 0 Å². The summed E-state index contributed by atoms with van der Waals surface area (Å²) in [6.07, 6.45) is 4.34. The third-order valence-electron chi connectivity index (χ3n) is 4.27. The van der Waals surface area contributed by atoms with Crippen LogP contribution in [0.4, 0.5) is 0 Å². The number of aromatic nitrogens is 2. The molecule has 1 saturated carbocycles. The van der Waals surface area contributed by atoms with Gasteiger partial charge in [0.2, 0.25) is 0 Å². The highest BCUT2D eigenvalue weighted by Crippen LogP contribution is 2.33. The number of amides is 1. The highest BCUT2D eigenvalue weighted by molar-refractivity contribution is 7.91. The predicted octanol–water partition coefficient (Wildman–Crippen LogP) is -1.11. The molecule has 9 heteroatoms. The minimum atomic E-state index is -3.24. The number of hydrogen-bond acceptors (Lipinski definition) is 6. The first-order chi connectivity index (χ1) is 10.4. The molecule has 4 N–H and O–H groups in total. The average molecular weight is 326 g/mol. The van der Waals surface area contributed by atoms with Gasteiger partial charge < -0.3 is 16.0 Å². The van der Waals surface area contributed by atoms with Crippen LogP contribution in [0.2, 0.25) is 0 Å². The standard InChI is InChI=1S/C13H18N4O4S/c14-9-5-22(20,21)6-10(9)16-12(18)8-4-15-11(17-13(8)19)7-2-1-3-7/h4,7,9-10H,1-3,5-6,14H2,(H,16,18)(H,15,17,19). The van der Waals surface area contributed by atoms with Crippen molar-refractivity contribution >= 4 is 15.7 Å². The van der Waals surface area contributed by atoms with Crippen molar-refractivity contribution in [2.75, 3.05) is 11.5 Å². The summed E-state index contributed by atoms with van der Waals surface area (Å²) < 4.78 is 23.0. The Hall–Kier alpha value is -1.74. The average Bonchev–Trinajstić information content (AvgIpc) is 2.59. The number of rotatable bonds is 3. The molecule has 2 atom stereocenters. The lowest BCUT2D eigenvalue weighted by atomic mass is 9.85. The lowest BCUT2D eigenvalue weighted by Gasteiger charge is -2.24. The Morgan fingerprint density at radius 3 is 2.59 bits per heavy atom. The molecule has 1 aliphatic heterocycles. The number of carbonyl (C=O) groups is 1. The van der Waals surface area contributed by atoms with Gasteiger partial charge in [-0.25, -0.2) is 13.4 Å². The van der Waals surface area contributed by atoms with Crippen LogP contribution in [-0.4, -0.2) is 47.9 Å². The molecule has 3 rings (SSSR count). The quantitative estimate of drug-likeness (QED) is 0.644. The molecule has 1 aliphatic carbocycles. The van der Waals surface area contributed by atoms with Crippen LogP contribution in [0.3, 0.4) is 0 Å². The van der Waals surface area contributed by atoms with Crippen LogP contribution in [0.1, 0.15) is 41.4 Å². The highest BCUT2D eigenvalue weighted by Gasteiger charge is 2.36. The first kappa shape index (κ1) is 15.2. The van der Waals surface area contributed by atoms with E-state index in [-0.39, 0.29) is 23.0 Å². The second-order valence-electron chi connectivity index (χ2n) is 5.96. The molecule has 0 spiro atoms. The second-order valence-corrected chi connectivity index (χ2v) is 8.11. The summed E-state index contributed by atoms with van der Waals surface area (Å²) in [4.78, 5) is 30.9. The van der Waals surface area contributed by atoms with Crippen LogP contribution in [0.25, 0.3) is 0 Å². The van der Waals surface area contributed by atoms with Crippen molar-refractivity contribution in [3.8, 4) is 0 Å². The van der Waals surface area contributed by atoms with Crippen LogP contribution in [0.5, 0.6) is 0 Å². The summed E-state index contributed by atoms with van der Waals surface area (Å²) in [7, 11) is -3.24. The van der Waals surface area contributed by atoms with Gasteiger partial charge in [0, 0.05) is 18.2 Å². The van der Waals surface area contributed by atoms with Gasteiger partial charge in [-0.3, -0.25) is 9.59 Å². The Morgan fingerprint density at radius 2 is 2.09 bits per heavy atom. The van der Waals surface area contributed by atoms with Crippen LogP contribution >= 0.6 is 0 Å². The van der Waals surface area contributed by atoms with Crippen molar-refractivity contribution in [2.45, 2.75) is 37.3 Å². The summed E-state index contributed by atoms with van der Waals surface area (Å²) in [6, 6.07) is -1.33. The van der Waals surface area contributed by atoms with Gasteiger partial charge in [-0.2, -0.15) is 0 Å². The maximum Gasteiger partial charge on any atom is 0.263 e. The minimum Gasteiger partial charge on any atom is -0.346 e. The molecule has 0 bridgehead atoms. The van der Waals surface area contributed by atoms with Gasteiger partial charge in [0.1, 0.15) is 11.4 Å². The maximum absolute atomic E-state index is 12.1. The molecule has 0 radical (unpaired) electrons. The normalized spacial score (nSPS) is 27.3. The molecule has 8 nitrogen and oxygen atoms in total. The lowest BCUT2D eigenvalue weighted by Crippen LogP contribution is -2.47. The van der Waals surface area contributed by atoms with Crippen molar-refractivity contribution in [2.24, 2.45) is 5.73 Å². The molecule has 2 aliphatic rings. The van der Waals surface area contributed by atoms with Crippen LogP contribution in [0.15, 0.2) is 11.0 Å². The molecule has 1 saturated heterocycles. The van der Waals surface area contributed by atoms with E-state index >= 15 is 0 Å². The van der Waals surface area contributed by atoms with Crippen molar-refractivity contribution in [1.82, 2.24) is 15.3 Å². The van der Waals surface area contributed by atoms with E-state index in [4.69, 9.17) is 5.73 Å². The molecule has 1 amide bonds. The number of sulfone groups is 1. The Balaban J connectivity index is 1.74. The number of hydrogen-bond donors (Lipinski definition) is 3. The van der Waals surface area contributed by atoms with E-state index in [2.05, 4.69) is 15.3 Å². The van der Waals surface area contributed by atoms with E-state index < -0.39 is 33.4 Å². The molecule has 120 valence electrons. The summed E-state index contributed by atoms with van der Waals surface area (Å²) in [5, 5.41) is 2.51. The second kappa shape index (κ2) is 5.47. The Bertz CT molecular complexity index is 754. The zero-order chi connectivity index (χ0) is 15.9. The first-order valence-electron chi connectivity index (χ1n) is 7.22. The van der Waals surface area contributed by atoms with E-state index in [9.17, 15) is 18.0 Å². The van der Waals surface area contributed by atoms with E-state index in [0.29, 0.717) is 5.82 Å². The molecule has 2 heterocycles. The third kappa shape index (κ3) is 2.91. The zero-order valence-electron chi connectivity index (χ0n) is 11.9. The molecule has 0 aromatic carbocycles. The number of H-pyrrole nitrogens is 1. The molecule has 1 aromatic rings. The number of aromatic amines is 1. The molecular formula is C13H18N4O4S. The highest BCUT2D eigenvalue weighted by atomic mass is 32.2. The smallest absolute Gasteiger partial charge is 0.263 e. The fourth-order valence-electron chi connectivity index (χ4n) is 2.73. The maximum atomic E-state index is 12.1. The van der Waals surface area contributed by atoms with Gasteiger partial charge in [0.05, 0.1) is 17.5 Å². The Kier molecular flexibility index (Phi) is 3.77. The zero-order valence-corrected chi connectivity index (χ0v) is 12.7. The topological polar surface area (TPSA) is 135 Å². The van der Waals surface area contributed by atoms with Gasteiger partial charge in [-0.15, -0.1) is 0 Å². The van der Waals surface area contributed by atoms with Crippen LogP contribution < -0.4 is 16.6 Å². The van der Waals surface area contributed by atoms with Gasteiger partial charge in [0.15, 0.2) is 9.84 Å². The number of carbonyl (C=O) groups excluding carboxylic acids is 1. The summed E-state index contributed by atoms with van der Waals surface area (Å²) in [5.74, 6) is -0.143. The van der Waals surface area contributed by atoms with Gasteiger partial charge in [0.25, 0.3) is 11.5 Å². The first-order valence-corrected chi connectivity index (χ1v) is 9.04. The minimum absolute atomic E-state index is 0.125. The van der Waals surface area contributed by atoms with Crippen molar-refractivity contribution in [3.63, 3.8) is 0 Å². The fraction of sp³-hybridized carbons (Fsp3) is 0.615. The number of nitrogens with zero attached hydrogens (tertiary/aromatic N) is 1. The van der Waals surface area contributed by atoms with E-state index in [1.54, 1.807) is 0 Å². The van der Waals surface area contributed by atoms with E-state index in [1.165, 1.54) is 6.20 Å². The Labute approximate surface area is 127 Å². The molecular weight excluding hydrogens is 308 g/mol. The molecule has 22 heavy (non-hydrogen) atoms. The largest absolute Gasteiger partial charge is 0.346 e. The van der Waals surface area contributed by atoms with E-state index in [0.717, 1.165) is 19.3 Å². The summed E-state index contributed by atoms with van der Waals surface area (Å²) >= 11 is 0. The third-order valence-corrected chi connectivity index (χ3v) is 6.03. The number of nitrogens with two attached hydrogens (primary N) is 1. The van der Waals surface area contributed by atoms with Crippen LogP contribution in [-0.2, 0) is 9.84 Å². The molecule has 1 aromatic heterocycles. The van der Waals surface area contributed by atoms with Crippen molar-refractivity contribution < 1.29 is 13.2 Å². The summed E-state index contributed by atoms with van der Waals surface area (Å²) in [6.45, 7) is 0. The monoisotopic (exact) mass is 326 g/mol. The fourth-order valence-corrected chi connectivity index (χ4v) is 4.56. The number of nitrogens with one attached hydrogen (secondary N) is 2. The van der Waals surface area contributed by atoms with Gasteiger partial charge >= 0.3 is 0 Å².